The van der Waals surface area contributed by atoms with Crippen molar-refractivity contribution in [3.8, 4) is 11.1 Å². The minimum atomic E-state index is -4.93. The third kappa shape index (κ3) is 3.19. The first-order valence-electron chi connectivity index (χ1n) is 5.87. The summed E-state index contributed by atoms with van der Waals surface area (Å²) in [7, 11) is 0. The van der Waals surface area contributed by atoms with Crippen molar-refractivity contribution in [1.29, 1.82) is 5.39 Å². The van der Waals surface area contributed by atoms with Crippen LogP contribution in [0.1, 0.15) is 11.1 Å². The van der Waals surface area contributed by atoms with Crippen LogP contribution in [0.4, 0.5) is 32.0 Å². The highest BCUT2D eigenvalue weighted by atomic mass is 19.4. The molecule has 0 fully saturated rings. The Balaban J connectivity index is 2.74. The molecular formula is C14H7F6N2+. The molecule has 0 amide bonds. The fraction of sp³-hybridized carbons (Fsp3) is 0.143. The first-order valence-corrected chi connectivity index (χ1v) is 5.87. The van der Waals surface area contributed by atoms with Crippen LogP contribution in [0.2, 0.25) is 0 Å². The topological polar surface area (TPSA) is 28.1 Å². The minimum Gasteiger partial charge on any atom is -0.166 e. The zero-order chi connectivity index (χ0) is 16.5. The van der Waals surface area contributed by atoms with Gasteiger partial charge >= 0.3 is 18.0 Å². The normalized spacial score (nSPS) is 12.0. The molecule has 0 aliphatic heterocycles. The van der Waals surface area contributed by atoms with E-state index in [0.717, 1.165) is 0 Å². The number of diazo groups is 1. The van der Waals surface area contributed by atoms with Crippen LogP contribution < -0.4 is 0 Å². The van der Waals surface area contributed by atoms with Gasteiger partial charge in [0.25, 0.3) is 0 Å². The second-order valence-electron chi connectivity index (χ2n) is 4.41. The standard InChI is InChI=1S/C14H7F6N2/c15-13(16,17)9-5-8(6-10(7-9)14(18,19)20)11-3-1-2-4-12(11)22-21/h1-7H/q+1. The van der Waals surface area contributed by atoms with Gasteiger partial charge in [0.1, 0.15) is 0 Å². The van der Waals surface area contributed by atoms with Gasteiger partial charge in [0, 0.05) is 6.07 Å². The van der Waals surface area contributed by atoms with E-state index in [1.165, 1.54) is 24.3 Å². The maximum absolute atomic E-state index is 12.8. The fourth-order valence-corrected chi connectivity index (χ4v) is 1.92. The van der Waals surface area contributed by atoms with E-state index in [0.29, 0.717) is 12.1 Å². The van der Waals surface area contributed by atoms with Crippen LogP contribution >= 0.6 is 0 Å². The van der Waals surface area contributed by atoms with E-state index in [-0.39, 0.29) is 22.9 Å². The van der Waals surface area contributed by atoms with E-state index in [1.54, 1.807) is 0 Å². The Bertz CT molecular complexity index is 708. The Hall–Kier alpha value is -2.56. The molecule has 0 spiro atoms. The van der Waals surface area contributed by atoms with Crippen LogP contribution in [-0.4, -0.2) is 0 Å². The van der Waals surface area contributed by atoms with Gasteiger partial charge in [-0.05, 0) is 29.8 Å². The zero-order valence-corrected chi connectivity index (χ0v) is 10.7. The predicted molar refractivity (Wildman–Crippen MR) is 66.6 cm³/mol. The molecule has 0 N–H and O–H groups in total. The second kappa shape index (κ2) is 5.33. The van der Waals surface area contributed by atoms with E-state index in [4.69, 9.17) is 5.39 Å². The lowest BCUT2D eigenvalue weighted by Gasteiger charge is -2.13. The van der Waals surface area contributed by atoms with Crippen LogP contribution in [-0.2, 0) is 12.4 Å². The number of benzene rings is 2. The van der Waals surface area contributed by atoms with Gasteiger partial charge in [0.15, 0.2) is 4.98 Å². The van der Waals surface area contributed by atoms with E-state index in [2.05, 4.69) is 4.98 Å². The predicted octanol–water partition coefficient (Wildman–Crippen LogP) is 5.88. The van der Waals surface area contributed by atoms with Crippen LogP contribution in [0.25, 0.3) is 16.1 Å². The smallest absolute Gasteiger partial charge is 0.166 e. The summed E-state index contributed by atoms with van der Waals surface area (Å²) in [6, 6.07) is 6.60. The summed E-state index contributed by atoms with van der Waals surface area (Å²) >= 11 is 0. The number of rotatable bonds is 1. The van der Waals surface area contributed by atoms with Crippen molar-refractivity contribution >= 4 is 5.69 Å². The molecule has 0 aliphatic carbocycles. The van der Waals surface area contributed by atoms with Crippen LogP contribution in [0.15, 0.2) is 42.5 Å². The molecule has 0 unspecified atom stereocenters. The monoisotopic (exact) mass is 317 g/mol. The summed E-state index contributed by atoms with van der Waals surface area (Å²) in [6.45, 7) is 0. The van der Waals surface area contributed by atoms with Crippen molar-refractivity contribution in [2.24, 2.45) is 0 Å². The summed E-state index contributed by atoms with van der Waals surface area (Å²) in [5, 5.41) is 8.82. The molecule has 114 valence electrons. The molecule has 2 rings (SSSR count). The molecule has 0 bridgehead atoms. The lowest BCUT2D eigenvalue weighted by atomic mass is 9.98. The number of hydrogen-bond donors (Lipinski definition) is 0. The Morgan fingerprint density at radius 1 is 0.773 bits per heavy atom. The van der Waals surface area contributed by atoms with Crippen molar-refractivity contribution in [1.82, 2.24) is 0 Å². The van der Waals surface area contributed by atoms with Gasteiger partial charge in [-0.1, -0.05) is 12.1 Å². The number of alkyl halides is 6. The van der Waals surface area contributed by atoms with E-state index in [9.17, 15) is 26.3 Å². The molecule has 0 heterocycles. The van der Waals surface area contributed by atoms with Crippen molar-refractivity contribution in [2.75, 3.05) is 0 Å². The maximum Gasteiger partial charge on any atom is 0.416 e. The van der Waals surface area contributed by atoms with E-state index < -0.39 is 23.5 Å². The van der Waals surface area contributed by atoms with Crippen molar-refractivity contribution in [3.05, 3.63) is 58.6 Å². The van der Waals surface area contributed by atoms with Crippen molar-refractivity contribution < 1.29 is 26.3 Å². The number of halogens is 6. The third-order valence-electron chi connectivity index (χ3n) is 2.91. The molecule has 2 aromatic rings. The van der Waals surface area contributed by atoms with Gasteiger partial charge in [-0.25, -0.2) is 0 Å². The molecule has 0 radical (unpaired) electrons. The summed E-state index contributed by atoms with van der Waals surface area (Å²) in [4.78, 5) is 2.87. The SMILES string of the molecule is N#[N+]c1ccccc1-c1cc(C(F)(F)F)cc(C(F)(F)F)c1. The molecule has 0 atom stereocenters. The van der Waals surface area contributed by atoms with Gasteiger partial charge < -0.3 is 0 Å². The summed E-state index contributed by atoms with van der Waals surface area (Å²) in [6.07, 6.45) is -9.86. The van der Waals surface area contributed by atoms with Gasteiger partial charge in [0.2, 0.25) is 5.39 Å². The summed E-state index contributed by atoms with van der Waals surface area (Å²) in [5.74, 6) is 0. The Labute approximate surface area is 120 Å². The minimum absolute atomic E-state index is 0.0402. The van der Waals surface area contributed by atoms with Crippen LogP contribution in [0.3, 0.4) is 0 Å². The van der Waals surface area contributed by atoms with Crippen molar-refractivity contribution in [2.45, 2.75) is 12.4 Å². The fourth-order valence-electron chi connectivity index (χ4n) is 1.92. The van der Waals surface area contributed by atoms with Crippen molar-refractivity contribution in [3.63, 3.8) is 0 Å². The molecule has 2 aromatic carbocycles. The number of nitrogens with zero attached hydrogens (tertiary/aromatic N) is 2. The molecule has 0 aliphatic rings. The lowest BCUT2D eigenvalue weighted by Crippen LogP contribution is -2.11. The molecule has 0 aromatic heterocycles. The molecule has 0 saturated heterocycles. The van der Waals surface area contributed by atoms with Crippen LogP contribution in [0, 0.1) is 5.39 Å². The highest BCUT2D eigenvalue weighted by Gasteiger charge is 2.37. The van der Waals surface area contributed by atoms with Gasteiger partial charge in [-0.3, -0.25) is 0 Å². The van der Waals surface area contributed by atoms with E-state index >= 15 is 0 Å². The maximum atomic E-state index is 12.8. The van der Waals surface area contributed by atoms with Gasteiger partial charge in [-0.2, -0.15) is 26.3 Å². The quantitative estimate of drug-likeness (QED) is 0.477. The Morgan fingerprint density at radius 2 is 1.27 bits per heavy atom. The average molecular weight is 317 g/mol. The Kier molecular flexibility index (Phi) is 3.83. The highest BCUT2D eigenvalue weighted by Crippen LogP contribution is 2.40. The van der Waals surface area contributed by atoms with Gasteiger partial charge in [0.05, 0.1) is 16.7 Å². The summed E-state index contributed by atoms with van der Waals surface area (Å²) in [5.41, 5.74) is -3.36. The molecule has 8 heteroatoms. The lowest BCUT2D eigenvalue weighted by molar-refractivity contribution is -0.143. The first-order chi connectivity index (χ1) is 10.1. The average Bonchev–Trinajstić information content (AvgIpc) is 2.45. The third-order valence-corrected chi connectivity index (χ3v) is 2.91. The number of hydrogen-bond acceptors (Lipinski definition) is 1. The summed E-state index contributed by atoms with van der Waals surface area (Å²) < 4.78 is 76.8. The highest BCUT2D eigenvalue weighted by molar-refractivity contribution is 5.79. The van der Waals surface area contributed by atoms with Gasteiger partial charge in [-0.15, -0.1) is 0 Å². The Morgan fingerprint density at radius 3 is 1.73 bits per heavy atom. The largest absolute Gasteiger partial charge is 0.416 e. The molecule has 2 nitrogen and oxygen atoms in total. The zero-order valence-electron chi connectivity index (χ0n) is 10.7. The molecule has 22 heavy (non-hydrogen) atoms. The molecule has 0 saturated carbocycles. The first kappa shape index (κ1) is 15.8. The second-order valence-corrected chi connectivity index (χ2v) is 4.41. The molecular weight excluding hydrogens is 310 g/mol. The van der Waals surface area contributed by atoms with Crippen LogP contribution in [0.5, 0.6) is 0 Å². The van der Waals surface area contributed by atoms with E-state index in [1.807, 2.05) is 0 Å².